The molecule has 0 aliphatic rings. The van der Waals surface area contributed by atoms with Gasteiger partial charge in [0.1, 0.15) is 5.75 Å². The molecule has 22 heavy (non-hydrogen) atoms. The minimum Gasteiger partial charge on any atom is -0.496 e. The van der Waals surface area contributed by atoms with Crippen LogP contribution >= 0.6 is 0 Å². The molecule has 2 rings (SSSR count). The summed E-state index contributed by atoms with van der Waals surface area (Å²) in [6.45, 7) is 4.45. The number of amides is 2. The maximum atomic E-state index is 12.0. The fraction of sp³-hybridized carbons (Fsp3) is 0.278. The van der Waals surface area contributed by atoms with E-state index in [-0.39, 0.29) is 12.1 Å². The number of aryl methyl sites for hydroxylation is 1. The zero-order valence-corrected chi connectivity index (χ0v) is 13.2. The highest BCUT2D eigenvalue weighted by Gasteiger charge is 2.11. The Balaban J connectivity index is 1.92. The van der Waals surface area contributed by atoms with Crippen LogP contribution in [0.15, 0.2) is 48.5 Å². The highest BCUT2D eigenvalue weighted by molar-refractivity contribution is 5.74. The summed E-state index contributed by atoms with van der Waals surface area (Å²) in [4.78, 5) is 12.0. The summed E-state index contributed by atoms with van der Waals surface area (Å²) in [5.74, 6) is 0.773. The summed E-state index contributed by atoms with van der Waals surface area (Å²) in [5, 5.41) is 5.82. The van der Waals surface area contributed by atoms with Gasteiger partial charge in [-0.2, -0.15) is 0 Å². The van der Waals surface area contributed by atoms with Crippen molar-refractivity contribution < 1.29 is 9.53 Å². The lowest BCUT2D eigenvalue weighted by Crippen LogP contribution is -2.36. The molecule has 0 aromatic heterocycles. The van der Waals surface area contributed by atoms with Gasteiger partial charge in [-0.05, 0) is 31.0 Å². The van der Waals surface area contributed by atoms with Crippen molar-refractivity contribution in [2.75, 3.05) is 7.11 Å². The Morgan fingerprint density at radius 2 is 1.82 bits per heavy atom. The molecule has 116 valence electrons. The van der Waals surface area contributed by atoms with Crippen LogP contribution in [-0.4, -0.2) is 13.1 Å². The molecule has 0 aliphatic carbocycles. The molecule has 0 heterocycles. The molecule has 0 saturated heterocycles. The van der Waals surface area contributed by atoms with Crippen molar-refractivity contribution in [3.8, 4) is 5.75 Å². The second kappa shape index (κ2) is 7.50. The fourth-order valence-corrected chi connectivity index (χ4v) is 2.42. The van der Waals surface area contributed by atoms with Gasteiger partial charge < -0.3 is 15.4 Å². The highest BCUT2D eigenvalue weighted by Crippen LogP contribution is 2.18. The van der Waals surface area contributed by atoms with Crippen molar-refractivity contribution in [3.05, 3.63) is 65.2 Å². The van der Waals surface area contributed by atoms with Gasteiger partial charge in [0.15, 0.2) is 0 Å². The average molecular weight is 298 g/mol. The molecule has 0 bridgehead atoms. The third kappa shape index (κ3) is 4.01. The molecule has 0 fully saturated rings. The molecule has 2 amide bonds. The molecule has 0 saturated carbocycles. The first-order valence-electron chi connectivity index (χ1n) is 7.33. The smallest absolute Gasteiger partial charge is 0.315 e. The monoisotopic (exact) mass is 298 g/mol. The van der Waals surface area contributed by atoms with Crippen LogP contribution in [0.5, 0.6) is 5.75 Å². The Kier molecular flexibility index (Phi) is 5.42. The zero-order chi connectivity index (χ0) is 15.9. The average Bonchev–Trinajstić information content (AvgIpc) is 2.53. The number of nitrogens with one attached hydrogen (secondary N) is 2. The second-order valence-electron chi connectivity index (χ2n) is 5.22. The maximum absolute atomic E-state index is 12.0. The largest absolute Gasteiger partial charge is 0.496 e. The van der Waals surface area contributed by atoms with Crippen LogP contribution in [0, 0.1) is 6.92 Å². The first-order chi connectivity index (χ1) is 10.6. The number of hydrogen-bond acceptors (Lipinski definition) is 2. The van der Waals surface area contributed by atoms with E-state index in [0.29, 0.717) is 6.54 Å². The van der Waals surface area contributed by atoms with E-state index in [1.165, 1.54) is 5.56 Å². The van der Waals surface area contributed by atoms with Crippen molar-refractivity contribution in [2.45, 2.75) is 26.4 Å². The molecule has 1 atom stereocenters. The van der Waals surface area contributed by atoms with E-state index in [4.69, 9.17) is 4.74 Å². The molecule has 2 aromatic carbocycles. The van der Waals surface area contributed by atoms with Crippen molar-refractivity contribution in [1.82, 2.24) is 10.6 Å². The number of methoxy groups -OCH3 is 1. The Bertz CT molecular complexity index is 640. The van der Waals surface area contributed by atoms with Crippen molar-refractivity contribution in [3.63, 3.8) is 0 Å². The van der Waals surface area contributed by atoms with E-state index in [2.05, 4.69) is 10.6 Å². The predicted octanol–water partition coefficient (Wildman–Crippen LogP) is 3.56. The molecule has 1 unspecified atom stereocenters. The van der Waals surface area contributed by atoms with Gasteiger partial charge in [-0.3, -0.25) is 0 Å². The highest BCUT2D eigenvalue weighted by atomic mass is 16.5. The lowest BCUT2D eigenvalue weighted by atomic mass is 10.0. The van der Waals surface area contributed by atoms with Gasteiger partial charge in [0.2, 0.25) is 0 Å². The molecule has 4 heteroatoms. The van der Waals surface area contributed by atoms with Gasteiger partial charge in [0, 0.05) is 12.1 Å². The van der Waals surface area contributed by atoms with Crippen LogP contribution in [-0.2, 0) is 6.54 Å². The Labute approximate surface area is 131 Å². The van der Waals surface area contributed by atoms with Gasteiger partial charge in [0.05, 0.1) is 13.2 Å². The lowest BCUT2D eigenvalue weighted by molar-refractivity contribution is 0.237. The van der Waals surface area contributed by atoms with Gasteiger partial charge in [0.25, 0.3) is 0 Å². The quantitative estimate of drug-likeness (QED) is 0.886. The summed E-state index contributed by atoms with van der Waals surface area (Å²) < 4.78 is 5.27. The minimum atomic E-state index is -0.193. The number of carbonyl (C=O) groups excluding carboxylic acids is 1. The van der Waals surface area contributed by atoms with Crippen LogP contribution < -0.4 is 15.4 Å². The van der Waals surface area contributed by atoms with Crippen LogP contribution in [0.2, 0.25) is 0 Å². The number of urea groups is 1. The van der Waals surface area contributed by atoms with E-state index in [1.54, 1.807) is 7.11 Å². The molecule has 4 nitrogen and oxygen atoms in total. The van der Waals surface area contributed by atoms with E-state index in [1.807, 2.05) is 62.4 Å². The summed E-state index contributed by atoms with van der Waals surface area (Å²) in [5.41, 5.74) is 3.23. The van der Waals surface area contributed by atoms with Gasteiger partial charge in [-0.15, -0.1) is 0 Å². The zero-order valence-electron chi connectivity index (χ0n) is 13.2. The molecule has 0 aliphatic heterocycles. The van der Waals surface area contributed by atoms with Crippen LogP contribution in [0.3, 0.4) is 0 Å². The second-order valence-corrected chi connectivity index (χ2v) is 5.22. The first kappa shape index (κ1) is 15.9. The number of carbonyl (C=O) groups is 1. The minimum absolute atomic E-state index is 0.0427. The van der Waals surface area contributed by atoms with Gasteiger partial charge >= 0.3 is 6.03 Å². The Morgan fingerprint density at radius 3 is 2.55 bits per heavy atom. The van der Waals surface area contributed by atoms with Crippen LogP contribution in [0.4, 0.5) is 4.79 Å². The van der Waals surface area contributed by atoms with Crippen molar-refractivity contribution in [2.24, 2.45) is 0 Å². The van der Waals surface area contributed by atoms with Crippen molar-refractivity contribution in [1.29, 1.82) is 0 Å². The van der Waals surface area contributed by atoms with Crippen LogP contribution in [0.1, 0.15) is 29.7 Å². The summed E-state index contributed by atoms with van der Waals surface area (Å²) in [7, 11) is 1.62. The molecule has 0 radical (unpaired) electrons. The number of para-hydroxylation sites is 1. The third-order valence-corrected chi connectivity index (χ3v) is 3.63. The molecule has 2 aromatic rings. The van der Waals surface area contributed by atoms with Gasteiger partial charge in [-0.25, -0.2) is 4.79 Å². The van der Waals surface area contributed by atoms with E-state index in [9.17, 15) is 4.79 Å². The normalized spacial score (nSPS) is 11.6. The lowest BCUT2D eigenvalue weighted by Gasteiger charge is -2.17. The predicted molar refractivity (Wildman–Crippen MR) is 88.0 cm³/mol. The van der Waals surface area contributed by atoms with Crippen LogP contribution in [0.25, 0.3) is 0 Å². The van der Waals surface area contributed by atoms with E-state index >= 15 is 0 Å². The van der Waals surface area contributed by atoms with Gasteiger partial charge in [-0.1, -0.05) is 42.5 Å². The number of benzene rings is 2. The standard InChI is InChI=1S/C18H22N2O2/c1-13-8-4-6-10-16(13)14(2)20-18(21)19-12-15-9-5-7-11-17(15)22-3/h4-11,14H,12H2,1-3H3,(H2,19,20,21). The SMILES string of the molecule is COc1ccccc1CNC(=O)NC(C)c1ccccc1C. The third-order valence-electron chi connectivity index (χ3n) is 3.63. The molecule has 0 spiro atoms. The number of hydrogen-bond donors (Lipinski definition) is 2. The number of ether oxygens (including phenoxy) is 1. The van der Waals surface area contributed by atoms with E-state index < -0.39 is 0 Å². The van der Waals surface area contributed by atoms with E-state index in [0.717, 1.165) is 16.9 Å². The van der Waals surface area contributed by atoms with Crippen molar-refractivity contribution >= 4 is 6.03 Å². The summed E-state index contributed by atoms with van der Waals surface area (Å²) >= 11 is 0. The maximum Gasteiger partial charge on any atom is 0.315 e. The number of rotatable bonds is 5. The summed E-state index contributed by atoms with van der Waals surface area (Å²) in [6, 6.07) is 15.5. The topological polar surface area (TPSA) is 50.4 Å². The fourth-order valence-electron chi connectivity index (χ4n) is 2.42. The Morgan fingerprint density at radius 1 is 1.14 bits per heavy atom. The molecular weight excluding hydrogens is 276 g/mol. The molecular formula is C18H22N2O2. The molecule has 2 N–H and O–H groups in total. The Hall–Kier alpha value is -2.49. The summed E-state index contributed by atoms with van der Waals surface area (Å²) in [6.07, 6.45) is 0. The first-order valence-corrected chi connectivity index (χ1v) is 7.33.